The summed E-state index contributed by atoms with van der Waals surface area (Å²) in [6.45, 7) is 14.3. The molecule has 0 saturated carbocycles. The van der Waals surface area contributed by atoms with Gasteiger partial charge in [0.1, 0.15) is 6.61 Å². The zero-order valence-corrected chi connectivity index (χ0v) is 20.8. The van der Waals surface area contributed by atoms with Crippen LogP contribution < -0.4 is 14.8 Å². The summed E-state index contributed by atoms with van der Waals surface area (Å²) in [6.07, 6.45) is 0. The molecule has 0 fully saturated rings. The smallest absolute Gasteiger partial charge is 0.180 e. The van der Waals surface area contributed by atoms with Gasteiger partial charge >= 0.3 is 0 Å². The second kappa shape index (κ2) is 15.6. The number of halogens is 3. The van der Waals surface area contributed by atoms with E-state index in [-0.39, 0.29) is 24.8 Å². The van der Waals surface area contributed by atoms with Crippen molar-refractivity contribution in [2.75, 3.05) is 32.8 Å². The Kier molecular flexibility index (Phi) is 15.0. The Hall–Kier alpha value is -1.17. The van der Waals surface area contributed by atoms with E-state index in [2.05, 4.69) is 55.3 Å². The number of ether oxygens (including phenoxy) is 2. The number of hydrogen-bond donors (Lipinski definition) is 1. The average Bonchev–Trinajstić information content (AvgIpc) is 2.69. The van der Waals surface area contributed by atoms with E-state index in [0.29, 0.717) is 29.7 Å². The minimum Gasteiger partial charge on any atom is -0.490 e. The van der Waals surface area contributed by atoms with Crippen molar-refractivity contribution in [3.8, 4) is 11.5 Å². The number of nitrogens with zero attached hydrogens (tertiary/aromatic N) is 1. The Balaban J connectivity index is 0.00000420. The first-order valence-corrected chi connectivity index (χ1v) is 10.5. The molecule has 0 aliphatic rings. The third-order valence-corrected chi connectivity index (χ3v) is 4.98. The van der Waals surface area contributed by atoms with Gasteiger partial charge in [-0.15, -0.1) is 24.8 Å². The molecule has 0 atom stereocenters. The van der Waals surface area contributed by atoms with E-state index in [1.807, 2.05) is 19.1 Å². The molecule has 2 rings (SSSR count). The highest BCUT2D eigenvalue weighted by Crippen LogP contribution is 2.37. The Labute approximate surface area is 199 Å². The average molecular weight is 478 g/mol. The van der Waals surface area contributed by atoms with Crippen LogP contribution in [0.3, 0.4) is 0 Å². The molecular weight excluding hydrogens is 443 g/mol. The van der Waals surface area contributed by atoms with Gasteiger partial charge in [0.25, 0.3) is 0 Å². The van der Waals surface area contributed by atoms with Crippen LogP contribution in [0.25, 0.3) is 0 Å². The van der Waals surface area contributed by atoms with Crippen LogP contribution in [0.5, 0.6) is 11.5 Å². The monoisotopic (exact) mass is 476 g/mol. The Morgan fingerprint density at radius 2 is 1.60 bits per heavy atom. The summed E-state index contributed by atoms with van der Waals surface area (Å²) >= 11 is 6.53. The fourth-order valence-electron chi connectivity index (χ4n) is 2.98. The minimum atomic E-state index is 0. The van der Waals surface area contributed by atoms with Crippen molar-refractivity contribution >= 4 is 36.4 Å². The number of benzene rings is 2. The summed E-state index contributed by atoms with van der Waals surface area (Å²) in [5.74, 6) is 1.30. The molecule has 1 N–H and O–H groups in total. The van der Waals surface area contributed by atoms with Crippen LogP contribution in [-0.2, 0) is 13.2 Å². The molecule has 0 saturated heterocycles. The summed E-state index contributed by atoms with van der Waals surface area (Å²) in [5.41, 5.74) is 3.43. The molecule has 0 bridgehead atoms. The van der Waals surface area contributed by atoms with E-state index in [1.54, 1.807) is 0 Å². The first-order chi connectivity index (χ1) is 13.6. The summed E-state index contributed by atoms with van der Waals surface area (Å²) in [7, 11) is 0. The molecule has 4 nitrogen and oxygen atoms in total. The van der Waals surface area contributed by atoms with Gasteiger partial charge in [-0.1, -0.05) is 55.3 Å². The van der Waals surface area contributed by atoms with E-state index in [0.717, 1.165) is 43.9 Å². The zero-order chi connectivity index (χ0) is 20.4. The van der Waals surface area contributed by atoms with Crippen LogP contribution in [0.1, 0.15) is 37.5 Å². The first kappa shape index (κ1) is 28.8. The Bertz CT molecular complexity index is 723. The normalized spacial score (nSPS) is 10.3. The van der Waals surface area contributed by atoms with Gasteiger partial charge in [0, 0.05) is 19.6 Å². The van der Waals surface area contributed by atoms with E-state index < -0.39 is 0 Å². The lowest BCUT2D eigenvalue weighted by Crippen LogP contribution is -2.31. The summed E-state index contributed by atoms with van der Waals surface area (Å²) in [5, 5.41) is 4.07. The Morgan fingerprint density at radius 3 is 2.20 bits per heavy atom. The van der Waals surface area contributed by atoms with Gasteiger partial charge in [0.15, 0.2) is 11.5 Å². The van der Waals surface area contributed by atoms with E-state index in [9.17, 15) is 0 Å². The van der Waals surface area contributed by atoms with Gasteiger partial charge in [0.2, 0.25) is 0 Å². The lowest BCUT2D eigenvalue weighted by molar-refractivity contribution is 0.269. The lowest BCUT2D eigenvalue weighted by atomic mass is 10.1. The molecule has 2 aromatic rings. The lowest BCUT2D eigenvalue weighted by Gasteiger charge is -2.18. The van der Waals surface area contributed by atoms with Crippen molar-refractivity contribution < 1.29 is 9.47 Å². The molecule has 0 aliphatic heterocycles. The topological polar surface area (TPSA) is 33.7 Å². The third kappa shape index (κ3) is 9.32. The summed E-state index contributed by atoms with van der Waals surface area (Å²) < 4.78 is 11.8. The van der Waals surface area contributed by atoms with Crippen molar-refractivity contribution in [1.29, 1.82) is 0 Å². The third-order valence-electron chi connectivity index (χ3n) is 4.70. The highest BCUT2D eigenvalue weighted by atomic mass is 35.5. The summed E-state index contributed by atoms with van der Waals surface area (Å²) in [4.78, 5) is 2.40. The maximum absolute atomic E-state index is 6.53. The molecule has 0 unspecified atom stereocenters. The van der Waals surface area contributed by atoms with Crippen LogP contribution >= 0.6 is 36.4 Å². The second-order valence-corrected chi connectivity index (χ2v) is 7.22. The van der Waals surface area contributed by atoms with Crippen molar-refractivity contribution in [3.05, 3.63) is 58.1 Å². The Morgan fingerprint density at radius 1 is 0.933 bits per heavy atom. The fraction of sp³-hybridized carbons (Fsp3) is 0.478. The zero-order valence-electron chi connectivity index (χ0n) is 18.4. The molecule has 0 amide bonds. The largest absolute Gasteiger partial charge is 0.490 e. The maximum Gasteiger partial charge on any atom is 0.180 e. The number of likely N-dealkylation sites (N-methyl/N-ethyl adjacent to an activating group) is 1. The number of hydrogen-bond acceptors (Lipinski definition) is 4. The van der Waals surface area contributed by atoms with Gasteiger partial charge in [-0.05, 0) is 50.2 Å². The minimum absolute atomic E-state index is 0. The highest BCUT2D eigenvalue weighted by molar-refractivity contribution is 6.32. The van der Waals surface area contributed by atoms with Gasteiger partial charge in [0.05, 0.1) is 11.6 Å². The van der Waals surface area contributed by atoms with Crippen molar-refractivity contribution in [2.24, 2.45) is 0 Å². The summed E-state index contributed by atoms with van der Waals surface area (Å²) in [6, 6.07) is 12.3. The first-order valence-electron chi connectivity index (χ1n) is 10.1. The molecule has 0 aliphatic carbocycles. The van der Waals surface area contributed by atoms with Gasteiger partial charge in [-0.3, -0.25) is 0 Å². The molecule has 0 radical (unpaired) electrons. The number of nitrogens with one attached hydrogen (secondary N) is 1. The number of rotatable bonds is 12. The van der Waals surface area contributed by atoms with E-state index in [4.69, 9.17) is 21.1 Å². The predicted molar refractivity (Wildman–Crippen MR) is 132 cm³/mol. The maximum atomic E-state index is 6.53. The molecule has 0 spiro atoms. The van der Waals surface area contributed by atoms with Crippen LogP contribution in [0.2, 0.25) is 5.02 Å². The molecule has 0 aromatic heterocycles. The predicted octanol–water partition coefficient (Wildman–Crippen LogP) is 5.90. The van der Waals surface area contributed by atoms with Crippen molar-refractivity contribution in [3.63, 3.8) is 0 Å². The highest BCUT2D eigenvalue weighted by Gasteiger charge is 2.13. The molecule has 2 aromatic carbocycles. The van der Waals surface area contributed by atoms with Crippen molar-refractivity contribution in [1.82, 2.24) is 10.2 Å². The molecule has 0 heterocycles. The van der Waals surface area contributed by atoms with Crippen LogP contribution in [0, 0.1) is 6.92 Å². The van der Waals surface area contributed by atoms with Gasteiger partial charge in [-0.2, -0.15) is 0 Å². The molecule has 30 heavy (non-hydrogen) atoms. The molecular formula is C23H35Cl3N2O2. The quantitative estimate of drug-likeness (QED) is 0.386. The standard InChI is InChI=1S/C23H33ClN2O2.2ClH/c1-5-26(6-2)13-12-25-16-20-14-21(24)23(22(15-20)27-7-3)28-17-19-10-8-18(4)9-11-19;;/h8-11,14-15,25H,5-7,12-13,16-17H2,1-4H3;2*1H. The second-order valence-electron chi connectivity index (χ2n) is 6.82. The fourth-order valence-corrected chi connectivity index (χ4v) is 3.26. The van der Waals surface area contributed by atoms with Gasteiger partial charge in [-0.25, -0.2) is 0 Å². The van der Waals surface area contributed by atoms with E-state index in [1.165, 1.54) is 5.56 Å². The van der Waals surface area contributed by atoms with E-state index >= 15 is 0 Å². The molecule has 7 heteroatoms. The number of aryl methyl sites for hydroxylation is 1. The van der Waals surface area contributed by atoms with Crippen LogP contribution in [0.15, 0.2) is 36.4 Å². The SMILES string of the molecule is CCOc1cc(CNCCN(CC)CC)cc(Cl)c1OCc1ccc(C)cc1.Cl.Cl. The van der Waals surface area contributed by atoms with Crippen LogP contribution in [-0.4, -0.2) is 37.7 Å². The van der Waals surface area contributed by atoms with Crippen molar-refractivity contribution in [2.45, 2.75) is 40.8 Å². The molecule has 170 valence electrons. The van der Waals surface area contributed by atoms with Crippen LogP contribution in [0.4, 0.5) is 0 Å². The van der Waals surface area contributed by atoms with Gasteiger partial charge < -0.3 is 19.7 Å².